The number of rotatable bonds is 3. The fraction of sp³-hybridized carbons (Fsp3) is 0.316. The second kappa shape index (κ2) is 5.55. The molecule has 4 aliphatic rings. The van der Waals surface area contributed by atoms with Crippen molar-refractivity contribution >= 4 is 34.0 Å². The number of amides is 2. The van der Waals surface area contributed by atoms with Crippen molar-refractivity contribution in [2.75, 3.05) is 23.6 Å². The van der Waals surface area contributed by atoms with Crippen molar-refractivity contribution in [3.8, 4) is 11.5 Å². The minimum absolute atomic E-state index is 0.120. The number of anilines is 2. The second-order valence-corrected chi connectivity index (χ2v) is 8.08. The third kappa shape index (κ3) is 2.11. The summed E-state index contributed by atoms with van der Waals surface area (Å²) in [6.07, 6.45) is 5.05. The van der Waals surface area contributed by atoms with Gasteiger partial charge in [0.05, 0.1) is 24.5 Å². The molecule has 2 saturated heterocycles. The van der Waals surface area contributed by atoms with E-state index in [9.17, 15) is 9.59 Å². The number of fused-ring (bicyclic) bond motifs is 2. The number of nitrogens with one attached hydrogen (secondary N) is 1. The van der Waals surface area contributed by atoms with Crippen LogP contribution in [0.4, 0.5) is 10.8 Å². The zero-order chi connectivity index (χ0) is 18.9. The second-order valence-electron chi connectivity index (χ2n) is 7.19. The number of hydrogen-bond donors (Lipinski definition) is 1. The summed E-state index contributed by atoms with van der Waals surface area (Å²) in [5, 5.41) is 5.12. The lowest BCUT2D eigenvalue weighted by molar-refractivity contribution is -0.128. The fourth-order valence-electron chi connectivity index (χ4n) is 4.54. The zero-order valence-corrected chi connectivity index (χ0v) is 15.3. The van der Waals surface area contributed by atoms with E-state index < -0.39 is 23.5 Å². The summed E-state index contributed by atoms with van der Waals surface area (Å²) in [6, 6.07) is 5.40. The van der Waals surface area contributed by atoms with E-state index in [2.05, 4.69) is 10.3 Å². The van der Waals surface area contributed by atoms with Crippen LogP contribution in [0.2, 0.25) is 0 Å². The maximum atomic E-state index is 13.3. The molecular formula is C19H15N3O5S. The Morgan fingerprint density at radius 1 is 1.32 bits per heavy atom. The molecule has 1 aromatic heterocycles. The summed E-state index contributed by atoms with van der Waals surface area (Å²) in [5.41, 5.74) is -0.0687. The van der Waals surface area contributed by atoms with Gasteiger partial charge >= 0.3 is 0 Å². The first-order valence-electron chi connectivity index (χ1n) is 8.93. The van der Waals surface area contributed by atoms with Gasteiger partial charge in [-0.1, -0.05) is 12.2 Å². The molecule has 9 heteroatoms. The topological polar surface area (TPSA) is 90.0 Å². The number of aromatic nitrogens is 1. The highest BCUT2D eigenvalue weighted by molar-refractivity contribution is 7.13. The van der Waals surface area contributed by atoms with E-state index in [4.69, 9.17) is 14.2 Å². The number of nitrogens with zero attached hydrogens (tertiary/aromatic N) is 2. The van der Waals surface area contributed by atoms with Crippen LogP contribution in [0.3, 0.4) is 0 Å². The van der Waals surface area contributed by atoms with Crippen molar-refractivity contribution in [1.29, 1.82) is 0 Å². The Morgan fingerprint density at radius 3 is 3.07 bits per heavy atom. The van der Waals surface area contributed by atoms with Gasteiger partial charge in [-0.25, -0.2) is 4.98 Å². The molecule has 6 rings (SSSR count). The molecule has 1 spiro atoms. The van der Waals surface area contributed by atoms with Gasteiger partial charge in [0.15, 0.2) is 16.6 Å². The quantitative estimate of drug-likeness (QED) is 0.795. The van der Waals surface area contributed by atoms with Crippen LogP contribution < -0.4 is 19.7 Å². The molecule has 142 valence electrons. The Bertz CT molecular complexity index is 1020. The zero-order valence-electron chi connectivity index (χ0n) is 14.5. The molecule has 2 fully saturated rings. The molecule has 0 radical (unpaired) electrons. The summed E-state index contributed by atoms with van der Waals surface area (Å²) in [5.74, 6) is -0.236. The number of carbonyl (C=O) groups excluding carboxylic acids is 2. The highest BCUT2D eigenvalue weighted by Crippen LogP contribution is 2.53. The smallest absolute Gasteiger partial charge is 0.234 e. The number of carbonyl (C=O) groups is 2. The van der Waals surface area contributed by atoms with Crippen LogP contribution >= 0.6 is 11.3 Å². The molecule has 5 heterocycles. The Kier molecular flexibility index (Phi) is 3.19. The molecule has 28 heavy (non-hydrogen) atoms. The molecule has 0 saturated carbocycles. The molecule has 2 aromatic rings. The van der Waals surface area contributed by atoms with E-state index in [1.807, 2.05) is 18.2 Å². The summed E-state index contributed by atoms with van der Waals surface area (Å²) < 4.78 is 16.9. The molecule has 0 aliphatic carbocycles. The minimum Gasteiger partial charge on any atom is -0.454 e. The first-order valence-corrected chi connectivity index (χ1v) is 9.81. The third-order valence-electron chi connectivity index (χ3n) is 5.73. The van der Waals surface area contributed by atoms with Crippen LogP contribution in [-0.2, 0) is 14.3 Å². The standard InChI is InChI=1S/C19H15N3O5S/c23-16(21-18-20-5-6-28-18)14-12-3-4-19(27-12)8-22(17(24)15(14)19)10-1-2-11-13(7-10)26-9-25-11/h1-7,12,14-15H,8-9H2,(H,20,21,23)/t12-,14+,15-,19-/m1/s1. The summed E-state index contributed by atoms with van der Waals surface area (Å²) in [4.78, 5) is 32.0. The molecule has 2 amide bonds. The average Bonchev–Trinajstić information content (AvgIpc) is 3.49. The van der Waals surface area contributed by atoms with E-state index in [-0.39, 0.29) is 18.6 Å². The maximum Gasteiger partial charge on any atom is 0.234 e. The number of benzene rings is 1. The molecular weight excluding hydrogens is 382 g/mol. The monoisotopic (exact) mass is 397 g/mol. The van der Waals surface area contributed by atoms with Gasteiger partial charge in [-0.05, 0) is 12.1 Å². The summed E-state index contributed by atoms with van der Waals surface area (Å²) in [6.45, 7) is 0.538. The Labute approximate surface area is 163 Å². The Balaban J connectivity index is 1.32. The lowest BCUT2D eigenvalue weighted by atomic mass is 9.77. The van der Waals surface area contributed by atoms with Gasteiger partial charge in [0.1, 0.15) is 5.60 Å². The first-order chi connectivity index (χ1) is 13.6. The number of ether oxygens (including phenoxy) is 3. The molecule has 4 aliphatic heterocycles. The van der Waals surface area contributed by atoms with Crippen molar-refractivity contribution in [2.24, 2.45) is 11.8 Å². The molecule has 2 bridgehead atoms. The largest absolute Gasteiger partial charge is 0.454 e. The van der Waals surface area contributed by atoms with Crippen LogP contribution in [0.1, 0.15) is 0 Å². The summed E-state index contributed by atoms with van der Waals surface area (Å²) in [7, 11) is 0. The van der Waals surface area contributed by atoms with Crippen LogP contribution in [0.5, 0.6) is 11.5 Å². The van der Waals surface area contributed by atoms with Gasteiger partial charge in [0.2, 0.25) is 18.6 Å². The fourth-order valence-corrected chi connectivity index (χ4v) is 5.08. The van der Waals surface area contributed by atoms with E-state index in [0.717, 1.165) is 0 Å². The third-order valence-corrected chi connectivity index (χ3v) is 6.42. The van der Waals surface area contributed by atoms with Crippen molar-refractivity contribution in [1.82, 2.24) is 4.98 Å². The van der Waals surface area contributed by atoms with E-state index in [0.29, 0.717) is 28.9 Å². The van der Waals surface area contributed by atoms with Crippen molar-refractivity contribution in [3.63, 3.8) is 0 Å². The molecule has 8 nitrogen and oxygen atoms in total. The van der Waals surface area contributed by atoms with Crippen LogP contribution in [-0.4, -0.2) is 41.8 Å². The van der Waals surface area contributed by atoms with Crippen LogP contribution in [0.25, 0.3) is 0 Å². The van der Waals surface area contributed by atoms with Crippen LogP contribution in [0, 0.1) is 11.8 Å². The first kappa shape index (κ1) is 16.1. The van der Waals surface area contributed by atoms with Crippen molar-refractivity contribution in [3.05, 3.63) is 41.9 Å². The molecule has 1 aromatic carbocycles. The van der Waals surface area contributed by atoms with Crippen molar-refractivity contribution < 1.29 is 23.8 Å². The van der Waals surface area contributed by atoms with E-state index in [1.165, 1.54) is 11.3 Å². The highest BCUT2D eigenvalue weighted by atomic mass is 32.1. The Hall–Kier alpha value is -2.91. The number of hydrogen-bond acceptors (Lipinski definition) is 7. The number of thiazole rings is 1. The van der Waals surface area contributed by atoms with E-state index in [1.54, 1.807) is 28.6 Å². The highest BCUT2D eigenvalue weighted by Gasteiger charge is 2.67. The average molecular weight is 397 g/mol. The van der Waals surface area contributed by atoms with Gasteiger partial charge < -0.3 is 24.4 Å². The van der Waals surface area contributed by atoms with Gasteiger partial charge in [0.25, 0.3) is 0 Å². The predicted octanol–water partition coefficient (Wildman–Crippen LogP) is 1.80. The van der Waals surface area contributed by atoms with Gasteiger partial charge in [-0.15, -0.1) is 11.3 Å². The van der Waals surface area contributed by atoms with Gasteiger partial charge in [0, 0.05) is 23.3 Å². The molecule has 4 atom stereocenters. The summed E-state index contributed by atoms with van der Waals surface area (Å²) >= 11 is 1.34. The van der Waals surface area contributed by atoms with Gasteiger partial charge in [-0.3, -0.25) is 9.59 Å². The normalized spacial score (nSPS) is 31.5. The van der Waals surface area contributed by atoms with E-state index >= 15 is 0 Å². The van der Waals surface area contributed by atoms with Crippen LogP contribution in [0.15, 0.2) is 41.9 Å². The lowest BCUT2D eigenvalue weighted by Gasteiger charge is -2.22. The lowest BCUT2D eigenvalue weighted by Crippen LogP contribution is -2.41. The van der Waals surface area contributed by atoms with Gasteiger partial charge in [-0.2, -0.15) is 0 Å². The maximum absolute atomic E-state index is 13.3. The molecule has 1 N–H and O–H groups in total. The van der Waals surface area contributed by atoms with Crippen molar-refractivity contribution in [2.45, 2.75) is 11.7 Å². The minimum atomic E-state index is -0.775. The Morgan fingerprint density at radius 2 is 2.21 bits per heavy atom. The SMILES string of the molecule is O=C(Nc1nccs1)[C@H]1[C@H]2C=C[C@]3(CN(c4ccc5c(c4)OCO5)C(=O)[C@@H]13)O2. The predicted molar refractivity (Wildman–Crippen MR) is 99.4 cm³/mol. The molecule has 0 unspecified atom stereocenters.